The topological polar surface area (TPSA) is 64.7 Å². The third-order valence-electron chi connectivity index (χ3n) is 6.48. The Morgan fingerprint density at radius 3 is 2.44 bits per heavy atom. The van der Waals surface area contributed by atoms with Crippen molar-refractivity contribution in [2.24, 2.45) is 0 Å². The molecule has 0 aromatic heterocycles. The summed E-state index contributed by atoms with van der Waals surface area (Å²) in [5, 5.41) is 5.44. The number of hydrogen-bond acceptors (Lipinski definition) is 4. The van der Waals surface area contributed by atoms with Crippen LogP contribution in [0.4, 0.5) is 10.1 Å². The molecule has 2 heterocycles. The van der Waals surface area contributed by atoms with E-state index in [9.17, 15) is 14.0 Å². The van der Waals surface area contributed by atoms with Crippen molar-refractivity contribution < 1.29 is 14.0 Å². The standard InChI is InChI=1S/C25H31FN4O2/c1-29-14-11-20-15-19(7-10-22(20)29)23(30-12-3-2-4-13-30)17-28-25(32)24(31)27-16-18-5-8-21(26)9-6-18/h5-10,15,23H,2-4,11-14,16-17H2,1H3,(H,27,31)(H,28,32)/t23-/m1/s1. The van der Waals surface area contributed by atoms with Crippen LogP contribution in [0.2, 0.25) is 0 Å². The summed E-state index contributed by atoms with van der Waals surface area (Å²) in [7, 11) is 2.11. The maximum Gasteiger partial charge on any atom is 0.309 e. The molecule has 0 radical (unpaired) electrons. The van der Waals surface area contributed by atoms with E-state index in [1.807, 2.05) is 0 Å². The molecule has 0 saturated carbocycles. The summed E-state index contributed by atoms with van der Waals surface area (Å²) >= 11 is 0. The molecule has 2 aliphatic rings. The predicted octanol–water partition coefficient (Wildman–Crippen LogP) is 2.78. The van der Waals surface area contributed by atoms with Gasteiger partial charge in [0.05, 0.1) is 6.04 Å². The Balaban J connectivity index is 1.39. The zero-order valence-corrected chi connectivity index (χ0v) is 18.6. The van der Waals surface area contributed by atoms with E-state index in [1.54, 1.807) is 12.1 Å². The summed E-state index contributed by atoms with van der Waals surface area (Å²) in [4.78, 5) is 29.4. The molecule has 32 heavy (non-hydrogen) atoms. The maximum absolute atomic E-state index is 13.0. The van der Waals surface area contributed by atoms with Gasteiger partial charge in [-0.15, -0.1) is 0 Å². The van der Waals surface area contributed by atoms with Gasteiger partial charge >= 0.3 is 11.8 Å². The molecular weight excluding hydrogens is 407 g/mol. The van der Waals surface area contributed by atoms with Crippen molar-refractivity contribution in [1.82, 2.24) is 15.5 Å². The normalized spacial score (nSPS) is 17.0. The minimum atomic E-state index is -0.678. The molecule has 0 bridgehead atoms. The smallest absolute Gasteiger partial charge is 0.309 e. The number of rotatable bonds is 6. The number of piperidine rings is 1. The van der Waals surface area contributed by atoms with E-state index < -0.39 is 11.8 Å². The highest BCUT2D eigenvalue weighted by Crippen LogP contribution is 2.32. The van der Waals surface area contributed by atoms with Crippen LogP contribution in [0, 0.1) is 5.82 Å². The van der Waals surface area contributed by atoms with E-state index in [0.717, 1.165) is 44.5 Å². The van der Waals surface area contributed by atoms with E-state index in [1.165, 1.54) is 35.4 Å². The average molecular weight is 439 g/mol. The molecular formula is C25H31FN4O2. The number of carbonyl (C=O) groups is 2. The largest absolute Gasteiger partial charge is 0.374 e. The fraction of sp³-hybridized carbons (Fsp3) is 0.440. The quantitative estimate of drug-likeness (QED) is 0.681. The van der Waals surface area contributed by atoms with Crippen LogP contribution < -0.4 is 15.5 Å². The number of anilines is 1. The first-order chi connectivity index (χ1) is 15.5. The first kappa shape index (κ1) is 22.3. The molecule has 2 aromatic rings. The Hall–Kier alpha value is -2.93. The summed E-state index contributed by atoms with van der Waals surface area (Å²) in [6.45, 7) is 3.58. The van der Waals surface area contributed by atoms with Gasteiger partial charge in [-0.1, -0.05) is 30.7 Å². The molecule has 4 rings (SSSR count). The number of likely N-dealkylation sites (tertiary alicyclic amines) is 1. The van der Waals surface area contributed by atoms with Gasteiger partial charge in [-0.25, -0.2) is 4.39 Å². The molecule has 0 spiro atoms. The number of nitrogens with zero attached hydrogens (tertiary/aromatic N) is 2. The summed E-state index contributed by atoms with van der Waals surface area (Å²) < 4.78 is 13.0. The second-order valence-electron chi connectivity index (χ2n) is 8.69. The van der Waals surface area contributed by atoms with Crippen molar-refractivity contribution in [3.05, 3.63) is 65.0 Å². The molecule has 0 unspecified atom stereocenters. The number of halogens is 1. The van der Waals surface area contributed by atoms with E-state index in [4.69, 9.17) is 0 Å². The third-order valence-corrected chi connectivity index (χ3v) is 6.48. The van der Waals surface area contributed by atoms with Gasteiger partial charge in [0, 0.05) is 32.4 Å². The molecule has 0 aliphatic carbocycles. The van der Waals surface area contributed by atoms with Gasteiger partial charge in [-0.05, 0) is 67.2 Å². The number of hydrogen-bond donors (Lipinski definition) is 2. The van der Waals surface area contributed by atoms with Gasteiger partial charge < -0.3 is 15.5 Å². The lowest BCUT2D eigenvalue weighted by atomic mass is 9.98. The highest BCUT2D eigenvalue weighted by atomic mass is 19.1. The lowest BCUT2D eigenvalue weighted by Crippen LogP contribution is -2.45. The molecule has 7 heteroatoms. The van der Waals surface area contributed by atoms with E-state index in [2.05, 4.69) is 45.7 Å². The van der Waals surface area contributed by atoms with Gasteiger partial charge in [0.15, 0.2) is 0 Å². The van der Waals surface area contributed by atoms with Crippen molar-refractivity contribution in [3.8, 4) is 0 Å². The van der Waals surface area contributed by atoms with Crippen molar-refractivity contribution >= 4 is 17.5 Å². The molecule has 6 nitrogen and oxygen atoms in total. The van der Waals surface area contributed by atoms with Crippen LogP contribution in [0.5, 0.6) is 0 Å². The minimum absolute atomic E-state index is 0.0420. The second kappa shape index (κ2) is 10.1. The molecule has 2 aliphatic heterocycles. The number of benzene rings is 2. The van der Waals surface area contributed by atoms with Gasteiger partial charge in [-0.3, -0.25) is 14.5 Å². The molecule has 1 atom stereocenters. The lowest BCUT2D eigenvalue weighted by molar-refractivity contribution is -0.139. The van der Waals surface area contributed by atoms with E-state index in [0.29, 0.717) is 6.54 Å². The lowest BCUT2D eigenvalue weighted by Gasteiger charge is -2.35. The summed E-state index contributed by atoms with van der Waals surface area (Å²) in [5.74, 6) is -1.66. The highest BCUT2D eigenvalue weighted by Gasteiger charge is 2.26. The summed E-state index contributed by atoms with van der Waals surface area (Å²) in [6, 6.07) is 12.5. The fourth-order valence-corrected chi connectivity index (χ4v) is 4.62. The van der Waals surface area contributed by atoms with Gasteiger partial charge in [-0.2, -0.15) is 0 Å². The molecule has 1 saturated heterocycles. The van der Waals surface area contributed by atoms with Crippen molar-refractivity contribution in [1.29, 1.82) is 0 Å². The molecule has 170 valence electrons. The monoisotopic (exact) mass is 438 g/mol. The first-order valence-electron chi connectivity index (χ1n) is 11.4. The van der Waals surface area contributed by atoms with Crippen LogP contribution in [0.25, 0.3) is 0 Å². The fourth-order valence-electron chi connectivity index (χ4n) is 4.62. The Bertz CT molecular complexity index is 957. The molecule has 2 aromatic carbocycles. The van der Waals surface area contributed by atoms with Crippen LogP contribution in [0.1, 0.15) is 42.0 Å². The molecule has 1 fully saturated rings. The van der Waals surface area contributed by atoms with Crippen LogP contribution in [0.15, 0.2) is 42.5 Å². The SMILES string of the molecule is CN1CCc2cc([C@@H](CNC(=O)C(=O)NCc3ccc(F)cc3)N3CCCCC3)ccc21. The molecule has 2 amide bonds. The average Bonchev–Trinajstić information content (AvgIpc) is 3.19. The number of nitrogens with one attached hydrogen (secondary N) is 2. The predicted molar refractivity (Wildman–Crippen MR) is 123 cm³/mol. The Labute approximate surface area is 188 Å². The Morgan fingerprint density at radius 1 is 0.969 bits per heavy atom. The van der Waals surface area contributed by atoms with E-state index in [-0.39, 0.29) is 18.4 Å². The Morgan fingerprint density at radius 2 is 1.69 bits per heavy atom. The third kappa shape index (κ3) is 5.27. The van der Waals surface area contributed by atoms with E-state index >= 15 is 0 Å². The zero-order valence-electron chi connectivity index (χ0n) is 18.6. The first-order valence-corrected chi connectivity index (χ1v) is 11.4. The van der Waals surface area contributed by atoms with Gasteiger partial charge in [0.2, 0.25) is 0 Å². The number of likely N-dealkylation sites (N-methyl/N-ethyl adjacent to an activating group) is 1. The Kier molecular flexibility index (Phi) is 7.05. The van der Waals surface area contributed by atoms with Gasteiger partial charge in [0.25, 0.3) is 0 Å². The second-order valence-corrected chi connectivity index (χ2v) is 8.69. The van der Waals surface area contributed by atoms with Crippen LogP contribution in [-0.4, -0.2) is 49.9 Å². The van der Waals surface area contributed by atoms with Crippen molar-refractivity contribution in [2.75, 3.05) is 38.1 Å². The zero-order chi connectivity index (χ0) is 22.5. The van der Waals surface area contributed by atoms with Gasteiger partial charge in [0.1, 0.15) is 5.82 Å². The highest BCUT2D eigenvalue weighted by molar-refractivity contribution is 6.35. The number of amides is 2. The van der Waals surface area contributed by atoms with Crippen molar-refractivity contribution in [2.45, 2.75) is 38.3 Å². The number of carbonyl (C=O) groups excluding carboxylic acids is 2. The van der Waals surface area contributed by atoms with Crippen LogP contribution in [-0.2, 0) is 22.6 Å². The molecule has 2 N–H and O–H groups in total. The van der Waals surface area contributed by atoms with Crippen LogP contribution >= 0.6 is 0 Å². The summed E-state index contributed by atoms with van der Waals surface area (Å²) in [5.41, 5.74) is 4.54. The maximum atomic E-state index is 13.0. The summed E-state index contributed by atoms with van der Waals surface area (Å²) in [6.07, 6.45) is 4.56. The minimum Gasteiger partial charge on any atom is -0.374 e. The number of fused-ring (bicyclic) bond motifs is 1. The van der Waals surface area contributed by atoms with Crippen molar-refractivity contribution in [3.63, 3.8) is 0 Å². The van der Waals surface area contributed by atoms with Crippen LogP contribution in [0.3, 0.4) is 0 Å².